The van der Waals surface area contributed by atoms with Crippen LogP contribution in [0.5, 0.6) is 0 Å². The molecule has 2 aromatic heterocycles. The summed E-state index contributed by atoms with van der Waals surface area (Å²) in [7, 11) is -4.27. The van der Waals surface area contributed by atoms with Crippen LogP contribution >= 0.6 is 7.82 Å². The molecule has 1 amide bonds. The number of fused-ring (bicyclic) bond motifs is 2. The minimum absolute atomic E-state index is 0.159. The second kappa shape index (κ2) is 9.82. The highest BCUT2D eigenvalue weighted by molar-refractivity contribution is 7.47. The third kappa shape index (κ3) is 5.22. The third-order valence-electron chi connectivity index (χ3n) is 5.30. The van der Waals surface area contributed by atoms with Crippen molar-refractivity contribution in [3.63, 3.8) is 0 Å². The average Bonchev–Trinajstić information content (AvgIpc) is 3.30. The van der Waals surface area contributed by atoms with E-state index in [0.29, 0.717) is 36.2 Å². The quantitative estimate of drug-likeness (QED) is 0.413. The third-order valence-corrected chi connectivity index (χ3v) is 6.28. The van der Waals surface area contributed by atoms with Gasteiger partial charge in [-0.15, -0.1) is 0 Å². The number of esters is 1. The number of phosphoric acid groups is 1. The number of nitrogens with one attached hydrogen (secondary N) is 1. The van der Waals surface area contributed by atoms with E-state index in [1.165, 1.54) is 12.7 Å². The fourth-order valence-corrected chi connectivity index (χ4v) is 4.80. The Balaban J connectivity index is 1.58. The predicted octanol–water partition coefficient (Wildman–Crippen LogP) is 1.56. The van der Waals surface area contributed by atoms with Crippen molar-refractivity contribution in [2.75, 3.05) is 11.9 Å². The number of nitrogens with zero attached hydrogens (tertiary/aromatic N) is 4. The van der Waals surface area contributed by atoms with Gasteiger partial charge >= 0.3 is 13.8 Å². The lowest BCUT2D eigenvalue weighted by Gasteiger charge is -2.29. The van der Waals surface area contributed by atoms with Crippen molar-refractivity contribution in [3.8, 4) is 0 Å². The van der Waals surface area contributed by atoms with E-state index < -0.39 is 38.2 Å². The van der Waals surface area contributed by atoms with Crippen LogP contribution in [0, 0.1) is 0 Å². The number of amides is 1. The summed E-state index contributed by atoms with van der Waals surface area (Å²) >= 11 is 0. The van der Waals surface area contributed by atoms with Gasteiger partial charge in [-0.3, -0.25) is 18.6 Å². The van der Waals surface area contributed by atoms with Crippen LogP contribution in [0.2, 0.25) is 0 Å². The lowest BCUT2D eigenvalue weighted by molar-refractivity contribution is -0.156. The zero-order chi connectivity index (χ0) is 23.6. The Bertz CT molecular complexity index is 1080. The number of phosphoric ester groups is 1. The maximum atomic E-state index is 12.2. The summed E-state index contributed by atoms with van der Waals surface area (Å²) in [6.07, 6.45) is 1.38. The van der Waals surface area contributed by atoms with Crippen LogP contribution < -0.4 is 5.32 Å². The number of carbonyl (C=O) groups is 2. The molecule has 0 spiro atoms. The molecule has 0 radical (unpaired) electrons. The Morgan fingerprint density at radius 1 is 1.27 bits per heavy atom. The number of carbonyl (C=O) groups excluding carboxylic acids is 2. The van der Waals surface area contributed by atoms with Gasteiger partial charge in [0.05, 0.1) is 19.5 Å². The molecule has 13 nitrogen and oxygen atoms in total. The predicted molar refractivity (Wildman–Crippen MR) is 113 cm³/mol. The summed E-state index contributed by atoms with van der Waals surface area (Å²) in [5.41, 5.74) is 0.843. The lowest BCUT2D eigenvalue weighted by Crippen LogP contribution is -2.42. The molecule has 0 aromatic carbocycles. The first-order valence-electron chi connectivity index (χ1n) is 10.8. The van der Waals surface area contributed by atoms with E-state index in [0.717, 1.165) is 0 Å². The molecule has 0 saturated carbocycles. The van der Waals surface area contributed by atoms with E-state index in [2.05, 4.69) is 20.3 Å². The molecule has 2 aliphatic heterocycles. The second-order valence-electron chi connectivity index (χ2n) is 7.84. The molecule has 2 N–H and O–H groups in total. The number of anilines is 1. The largest absolute Gasteiger partial charge is 0.472 e. The van der Waals surface area contributed by atoms with Crippen molar-refractivity contribution in [2.45, 2.75) is 70.5 Å². The summed E-state index contributed by atoms with van der Waals surface area (Å²) < 4.78 is 35.2. The molecule has 14 heteroatoms. The molecule has 4 rings (SSSR count). The highest BCUT2D eigenvalue weighted by Crippen LogP contribution is 2.51. The number of aromatic nitrogens is 4. The Kier molecular flexibility index (Phi) is 7.05. The number of ether oxygens (including phenoxy) is 2. The molecule has 0 aliphatic carbocycles. The van der Waals surface area contributed by atoms with Gasteiger partial charge in [0.25, 0.3) is 0 Å². The SMILES string of the molecule is CCCC(=O)Nc1ncnc2c1ncn2CC1OC2COP(=O)(O)OC2C1OC(=O)CCC. The summed E-state index contributed by atoms with van der Waals surface area (Å²) in [5, 5.41) is 2.73. The lowest BCUT2D eigenvalue weighted by atomic mass is 10.1. The van der Waals surface area contributed by atoms with E-state index in [1.54, 1.807) is 4.57 Å². The Morgan fingerprint density at radius 2 is 2.06 bits per heavy atom. The Morgan fingerprint density at radius 3 is 2.82 bits per heavy atom. The van der Waals surface area contributed by atoms with Crippen LogP contribution in [-0.4, -0.2) is 67.3 Å². The van der Waals surface area contributed by atoms with Gasteiger partial charge in [-0.1, -0.05) is 13.8 Å². The minimum atomic E-state index is -4.27. The molecule has 33 heavy (non-hydrogen) atoms. The molecule has 0 bridgehead atoms. The molecule has 2 fully saturated rings. The van der Waals surface area contributed by atoms with Crippen molar-refractivity contribution < 1.29 is 37.6 Å². The van der Waals surface area contributed by atoms with Gasteiger partial charge in [0, 0.05) is 12.8 Å². The number of hydrogen-bond acceptors (Lipinski definition) is 10. The molecule has 5 unspecified atom stereocenters. The van der Waals surface area contributed by atoms with Crippen LogP contribution in [0.3, 0.4) is 0 Å². The smallest absolute Gasteiger partial charge is 0.457 e. The molecule has 4 heterocycles. The molecule has 2 aliphatic rings. The fourth-order valence-electron chi connectivity index (χ4n) is 3.84. The van der Waals surface area contributed by atoms with E-state index in [-0.39, 0.29) is 25.5 Å². The number of rotatable bonds is 8. The van der Waals surface area contributed by atoms with Crippen LogP contribution in [0.15, 0.2) is 12.7 Å². The minimum Gasteiger partial charge on any atom is -0.457 e. The van der Waals surface area contributed by atoms with Crippen LogP contribution in [0.1, 0.15) is 39.5 Å². The molecular formula is C19H26N5O8P. The van der Waals surface area contributed by atoms with Gasteiger partial charge in [0.1, 0.15) is 24.6 Å². The zero-order valence-corrected chi connectivity index (χ0v) is 19.1. The van der Waals surface area contributed by atoms with Gasteiger partial charge in [-0.2, -0.15) is 0 Å². The number of hydrogen-bond donors (Lipinski definition) is 2. The normalized spacial score (nSPS) is 29.1. The van der Waals surface area contributed by atoms with Crippen molar-refractivity contribution in [1.82, 2.24) is 19.5 Å². The maximum Gasteiger partial charge on any atom is 0.472 e. The standard InChI is InChI=1S/C19H26N5O8P/c1-3-5-13(25)23-18-15-19(21-9-20-18)24(10-22-15)7-11-16(31-14(26)6-4-2)17-12(30-11)8-29-33(27,28)32-17/h9-12,16-17H,3-8H2,1-2H3,(H,27,28)(H,20,21,23,25). The van der Waals surface area contributed by atoms with Crippen molar-refractivity contribution in [3.05, 3.63) is 12.7 Å². The topological polar surface area (TPSA) is 164 Å². The van der Waals surface area contributed by atoms with Gasteiger partial charge in [-0.25, -0.2) is 19.5 Å². The Hall–Kier alpha value is -2.44. The molecule has 180 valence electrons. The highest BCUT2D eigenvalue weighted by Gasteiger charge is 2.54. The molecular weight excluding hydrogens is 457 g/mol. The fraction of sp³-hybridized carbons (Fsp3) is 0.632. The second-order valence-corrected chi connectivity index (χ2v) is 9.25. The van der Waals surface area contributed by atoms with E-state index in [4.69, 9.17) is 18.5 Å². The van der Waals surface area contributed by atoms with Crippen LogP contribution in [-0.2, 0) is 39.2 Å². The van der Waals surface area contributed by atoms with Crippen molar-refractivity contribution in [1.29, 1.82) is 0 Å². The summed E-state index contributed by atoms with van der Waals surface area (Å²) in [6, 6.07) is 0. The highest BCUT2D eigenvalue weighted by atomic mass is 31.2. The average molecular weight is 483 g/mol. The van der Waals surface area contributed by atoms with Gasteiger partial charge in [0.15, 0.2) is 23.1 Å². The van der Waals surface area contributed by atoms with Crippen LogP contribution in [0.4, 0.5) is 5.82 Å². The first-order valence-corrected chi connectivity index (χ1v) is 12.3. The van der Waals surface area contributed by atoms with E-state index in [1.807, 2.05) is 13.8 Å². The first-order chi connectivity index (χ1) is 15.8. The van der Waals surface area contributed by atoms with Gasteiger partial charge < -0.3 is 24.3 Å². The summed E-state index contributed by atoms with van der Waals surface area (Å²) in [6.45, 7) is 3.73. The van der Waals surface area contributed by atoms with Crippen molar-refractivity contribution in [2.24, 2.45) is 0 Å². The van der Waals surface area contributed by atoms with Gasteiger partial charge in [-0.05, 0) is 12.8 Å². The summed E-state index contributed by atoms with van der Waals surface area (Å²) in [5.74, 6) is -0.343. The van der Waals surface area contributed by atoms with E-state index >= 15 is 0 Å². The maximum absolute atomic E-state index is 12.2. The zero-order valence-electron chi connectivity index (χ0n) is 18.2. The van der Waals surface area contributed by atoms with Crippen LogP contribution in [0.25, 0.3) is 11.2 Å². The first kappa shape index (κ1) is 23.7. The van der Waals surface area contributed by atoms with E-state index in [9.17, 15) is 19.0 Å². The molecule has 2 saturated heterocycles. The molecule has 5 atom stereocenters. The molecule has 2 aromatic rings. The Labute approximate surface area is 189 Å². The summed E-state index contributed by atoms with van der Waals surface area (Å²) in [4.78, 5) is 46.7. The van der Waals surface area contributed by atoms with Gasteiger partial charge in [0.2, 0.25) is 5.91 Å². The monoisotopic (exact) mass is 483 g/mol. The number of imidazole rings is 1. The van der Waals surface area contributed by atoms with Crippen molar-refractivity contribution >= 4 is 36.7 Å².